The summed E-state index contributed by atoms with van der Waals surface area (Å²) in [6.07, 6.45) is 4.46. The van der Waals surface area contributed by atoms with Gasteiger partial charge in [0.1, 0.15) is 11.5 Å². The maximum absolute atomic E-state index is 9.75. The molecule has 0 aromatic carbocycles. The molecule has 1 rings (SSSR count). The Morgan fingerprint density at radius 1 is 1.56 bits per heavy atom. The first kappa shape index (κ1) is 11.9. The van der Waals surface area contributed by atoms with Gasteiger partial charge in [0.25, 0.3) is 0 Å². The van der Waals surface area contributed by atoms with Gasteiger partial charge in [-0.25, -0.2) is 5.01 Å². The molecule has 5 nitrogen and oxygen atoms in total. The molecule has 0 fully saturated rings. The fourth-order valence-corrected chi connectivity index (χ4v) is 1.39. The molecule has 0 bridgehead atoms. The Balaban J connectivity index is 3.24. The average Bonchev–Trinajstić information content (AvgIpc) is 2.56. The summed E-state index contributed by atoms with van der Waals surface area (Å²) in [7, 11) is 3.39. The van der Waals surface area contributed by atoms with Crippen LogP contribution in [0.5, 0.6) is 0 Å². The van der Waals surface area contributed by atoms with E-state index in [0.717, 1.165) is 0 Å². The summed E-state index contributed by atoms with van der Waals surface area (Å²) in [4.78, 5) is 7.75. The Labute approximate surface area is 94.5 Å². The highest BCUT2D eigenvalue weighted by molar-refractivity contribution is 6.31. The van der Waals surface area contributed by atoms with Crippen LogP contribution in [0.4, 0.5) is 0 Å². The summed E-state index contributed by atoms with van der Waals surface area (Å²) in [5.41, 5.74) is 1.05. The van der Waals surface area contributed by atoms with E-state index in [1.807, 2.05) is 0 Å². The zero-order valence-electron chi connectivity index (χ0n) is 9.38. The first-order valence-electron chi connectivity index (χ1n) is 4.63. The first-order valence-corrected chi connectivity index (χ1v) is 4.63. The Morgan fingerprint density at radius 3 is 2.75 bits per heavy atom. The summed E-state index contributed by atoms with van der Waals surface area (Å²) in [5.74, 6) is 0.654. The molecule has 0 aliphatic carbocycles. The molecule has 0 unspecified atom stereocenters. The lowest BCUT2D eigenvalue weighted by Crippen LogP contribution is -2.17. The average molecular weight is 218 g/mol. The molecule has 1 N–H and O–H groups in total. The minimum atomic E-state index is 0.0235. The van der Waals surface area contributed by atoms with Crippen LogP contribution in [0.1, 0.15) is 0 Å². The number of rotatable bonds is 3. The van der Waals surface area contributed by atoms with E-state index in [2.05, 4.69) is 28.4 Å². The number of likely N-dealkylation sites (N-methyl/N-ethyl adjacent to an activating group) is 1. The number of amidine groups is 1. The van der Waals surface area contributed by atoms with Crippen LogP contribution in [-0.2, 0) is 0 Å². The molecule has 1 heterocycles. The summed E-state index contributed by atoms with van der Waals surface area (Å²) in [6.45, 7) is 6.89. The van der Waals surface area contributed by atoms with Crippen molar-refractivity contribution in [2.75, 3.05) is 14.1 Å². The van der Waals surface area contributed by atoms with Gasteiger partial charge in [0.05, 0.1) is 5.57 Å². The summed E-state index contributed by atoms with van der Waals surface area (Å²) < 4.78 is 0. The van der Waals surface area contributed by atoms with Gasteiger partial charge in [-0.3, -0.25) is 9.98 Å². The van der Waals surface area contributed by atoms with Gasteiger partial charge in [-0.1, -0.05) is 12.7 Å². The molecule has 1 aliphatic heterocycles. The summed E-state index contributed by atoms with van der Waals surface area (Å²) in [6, 6.07) is 0. The minimum absolute atomic E-state index is 0.0235. The van der Waals surface area contributed by atoms with Gasteiger partial charge < -0.3 is 5.11 Å². The van der Waals surface area contributed by atoms with Crippen molar-refractivity contribution in [3.8, 4) is 0 Å². The molecule has 0 aromatic rings. The van der Waals surface area contributed by atoms with Crippen LogP contribution in [0, 0.1) is 0 Å². The number of allylic oxidation sites excluding steroid dienone is 3. The van der Waals surface area contributed by atoms with Crippen molar-refractivity contribution in [1.82, 2.24) is 5.01 Å². The van der Waals surface area contributed by atoms with Crippen molar-refractivity contribution in [1.29, 1.82) is 0 Å². The van der Waals surface area contributed by atoms with Crippen molar-refractivity contribution < 1.29 is 5.11 Å². The number of nitrogens with zero attached hydrogens (tertiary/aromatic N) is 4. The molecule has 84 valence electrons. The number of hydrogen-bond donors (Lipinski definition) is 1. The van der Waals surface area contributed by atoms with Gasteiger partial charge in [-0.15, -0.1) is 0 Å². The Bertz CT molecular complexity index is 429. The zero-order valence-corrected chi connectivity index (χ0v) is 9.38. The minimum Gasteiger partial charge on any atom is -0.506 e. The van der Waals surface area contributed by atoms with E-state index in [4.69, 9.17) is 0 Å². The van der Waals surface area contributed by atoms with Crippen LogP contribution in [0.15, 0.2) is 51.3 Å². The molecular formula is C11H14N4O. The Kier molecular flexibility index (Phi) is 3.77. The van der Waals surface area contributed by atoms with E-state index in [0.29, 0.717) is 17.1 Å². The topological polar surface area (TPSA) is 60.6 Å². The second-order valence-electron chi connectivity index (χ2n) is 3.03. The molecule has 0 amide bonds. The van der Waals surface area contributed by atoms with Crippen molar-refractivity contribution in [2.24, 2.45) is 15.1 Å². The Morgan fingerprint density at radius 2 is 2.25 bits per heavy atom. The summed E-state index contributed by atoms with van der Waals surface area (Å²) >= 11 is 0. The fraction of sp³-hybridized carbons (Fsp3) is 0.182. The monoisotopic (exact) mass is 218 g/mol. The third-order valence-electron chi connectivity index (χ3n) is 2.00. The van der Waals surface area contributed by atoms with E-state index < -0.39 is 0 Å². The van der Waals surface area contributed by atoms with E-state index >= 15 is 0 Å². The van der Waals surface area contributed by atoms with E-state index in [-0.39, 0.29) is 5.76 Å². The standard InChI is InChI=1S/C11H14N4O/c1-5-6-9(16)10-8(7-12-2)11(13-3)15(4)14-10/h5-7,16H,1-2H2,3-4H3/b8-7-,9-6-,13-11?. The van der Waals surface area contributed by atoms with Gasteiger partial charge in [0.15, 0.2) is 5.84 Å². The van der Waals surface area contributed by atoms with Gasteiger partial charge in [-0.05, 0) is 12.8 Å². The van der Waals surface area contributed by atoms with E-state index in [1.165, 1.54) is 18.4 Å². The Hall–Kier alpha value is -2.17. The van der Waals surface area contributed by atoms with Gasteiger partial charge in [0.2, 0.25) is 0 Å². The normalized spacial score (nSPS) is 21.5. The molecule has 16 heavy (non-hydrogen) atoms. The van der Waals surface area contributed by atoms with Crippen LogP contribution < -0.4 is 0 Å². The molecular weight excluding hydrogens is 204 g/mol. The van der Waals surface area contributed by atoms with Gasteiger partial charge in [0, 0.05) is 20.3 Å². The summed E-state index contributed by atoms with van der Waals surface area (Å²) in [5, 5.41) is 15.5. The lowest BCUT2D eigenvalue weighted by molar-refractivity contribution is 0.441. The zero-order chi connectivity index (χ0) is 12.1. The second-order valence-corrected chi connectivity index (χ2v) is 3.03. The molecule has 0 saturated heterocycles. The van der Waals surface area contributed by atoms with Crippen LogP contribution in [0.3, 0.4) is 0 Å². The van der Waals surface area contributed by atoms with Crippen molar-refractivity contribution in [2.45, 2.75) is 0 Å². The fourth-order valence-electron chi connectivity index (χ4n) is 1.39. The van der Waals surface area contributed by atoms with Crippen LogP contribution in [-0.4, -0.2) is 42.5 Å². The molecule has 0 spiro atoms. The predicted molar refractivity (Wildman–Crippen MR) is 67.1 cm³/mol. The number of hydrazone groups is 1. The maximum atomic E-state index is 9.75. The predicted octanol–water partition coefficient (Wildman–Crippen LogP) is 1.53. The highest BCUT2D eigenvalue weighted by Gasteiger charge is 2.27. The van der Waals surface area contributed by atoms with Crippen molar-refractivity contribution >= 4 is 18.3 Å². The van der Waals surface area contributed by atoms with Crippen LogP contribution in [0.2, 0.25) is 0 Å². The number of aliphatic imine (C=N–C) groups is 2. The van der Waals surface area contributed by atoms with Crippen molar-refractivity contribution in [3.63, 3.8) is 0 Å². The maximum Gasteiger partial charge on any atom is 0.154 e. The lowest BCUT2D eigenvalue weighted by Gasteiger charge is -2.06. The first-order chi connectivity index (χ1) is 7.65. The molecule has 0 aromatic heterocycles. The smallest absolute Gasteiger partial charge is 0.154 e. The van der Waals surface area contributed by atoms with Crippen LogP contribution in [0.25, 0.3) is 0 Å². The third-order valence-corrected chi connectivity index (χ3v) is 2.00. The number of aliphatic hydroxyl groups is 1. The lowest BCUT2D eigenvalue weighted by atomic mass is 10.1. The van der Waals surface area contributed by atoms with Gasteiger partial charge >= 0.3 is 0 Å². The molecule has 0 atom stereocenters. The number of hydrogen-bond acceptors (Lipinski definition) is 4. The largest absolute Gasteiger partial charge is 0.506 e. The van der Waals surface area contributed by atoms with E-state index in [1.54, 1.807) is 19.1 Å². The molecule has 0 radical (unpaired) electrons. The van der Waals surface area contributed by atoms with Crippen LogP contribution >= 0.6 is 0 Å². The highest BCUT2D eigenvalue weighted by Crippen LogP contribution is 2.18. The molecule has 0 saturated carbocycles. The second kappa shape index (κ2) is 5.06. The SMILES string of the molecule is C=C/C=C(\O)C1=NN(C)C(=NC)/C1=C\N=C. The molecule has 1 aliphatic rings. The van der Waals surface area contributed by atoms with E-state index in [9.17, 15) is 5.11 Å². The quantitative estimate of drug-likeness (QED) is 0.443. The third kappa shape index (κ3) is 2.08. The number of aliphatic hydroxyl groups excluding tert-OH is 1. The highest BCUT2D eigenvalue weighted by atomic mass is 16.3. The molecule has 5 heteroatoms. The van der Waals surface area contributed by atoms with Gasteiger partial charge in [-0.2, -0.15) is 5.10 Å². The van der Waals surface area contributed by atoms with Crippen molar-refractivity contribution in [3.05, 3.63) is 36.3 Å².